The first-order valence-electron chi connectivity index (χ1n) is 38.0. The molecule has 16 aromatic heterocycles. The Bertz CT molecular complexity index is 7600. The number of hydrogen-bond acceptors (Lipinski definition) is 36. The molecule has 0 radical (unpaired) electrons. The van der Waals surface area contributed by atoms with E-state index in [1.165, 1.54) is 32.3 Å². The fraction of sp³-hybridized carbons (Fsp3) is 0.322. The number of aromatic nitrogens is 14. The predicted octanol–water partition coefficient (Wildman–Crippen LogP) is 12.2. The highest BCUT2D eigenvalue weighted by Gasteiger charge is 2.24. The molecule has 0 saturated carbocycles. The van der Waals surface area contributed by atoms with Crippen molar-refractivity contribution < 1.29 is 71.8 Å². The van der Waals surface area contributed by atoms with Gasteiger partial charge in [0.25, 0.3) is 5.56 Å². The molecule has 0 saturated heterocycles. The smallest absolute Gasteiger partial charge is 0.366 e. The van der Waals surface area contributed by atoms with E-state index in [9.17, 15) is 79.2 Å². The molecular formula is C87H92N14O23. The van der Waals surface area contributed by atoms with Crippen molar-refractivity contribution in [2.24, 2.45) is 7.05 Å². The molecule has 0 fully saturated rings. The van der Waals surface area contributed by atoms with E-state index in [1.807, 2.05) is 76.2 Å². The van der Waals surface area contributed by atoms with Gasteiger partial charge < -0.3 is 76.3 Å². The van der Waals surface area contributed by atoms with Gasteiger partial charge in [-0.1, -0.05) is 0 Å². The number of aryl methyl sites for hydroxylation is 23. The molecule has 0 aliphatic heterocycles. The van der Waals surface area contributed by atoms with Gasteiger partial charge in [-0.2, -0.15) is 5.10 Å². The Hall–Kier alpha value is -15.1. The topological polar surface area (TPSA) is 563 Å². The largest absolute Gasteiger partial charge is 0.505 e. The van der Waals surface area contributed by atoms with Gasteiger partial charge in [0.05, 0.1) is 61.1 Å². The van der Waals surface area contributed by atoms with Crippen LogP contribution in [-0.4, -0.2) is 111 Å². The van der Waals surface area contributed by atoms with Crippen molar-refractivity contribution >= 4 is 87.4 Å². The van der Waals surface area contributed by atoms with Crippen LogP contribution in [0.5, 0.6) is 46.0 Å². The molecule has 0 aromatic carbocycles. The van der Waals surface area contributed by atoms with Gasteiger partial charge in [0.1, 0.15) is 90.7 Å². The molecule has 0 aliphatic rings. The molecule has 37 nitrogen and oxygen atoms in total. The van der Waals surface area contributed by atoms with Crippen LogP contribution in [-0.2, 0) is 7.05 Å². The molecule has 16 aromatic rings. The Labute approximate surface area is 702 Å². The van der Waals surface area contributed by atoms with Crippen molar-refractivity contribution in [1.82, 2.24) is 69.8 Å². The lowest BCUT2D eigenvalue weighted by Crippen LogP contribution is -2.21. The van der Waals surface area contributed by atoms with Crippen molar-refractivity contribution in [3.63, 3.8) is 0 Å². The van der Waals surface area contributed by atoms with Crippen LogP contribution in [0.15, 0.2) is 69.3 Å². The summed E-state index contributed by atoms with van der Waals surface area (Å²) in [5, 5.41) is 96.3. The predicted molar refractivity (Wildman–Crippen MR) is 459 cm³/mol. The lowest BCUT2D eigenvalue weighted by Gasteiger charge is -2.13. The van der Waals surface area contributed by atoms with E-state index in [0.717, 1.165) is 67.3 Å². The first-order chi connectivity index (χ1) is 57.8. The summed E-state index contributed by atoms with van der Waals surface area (Å²) in [6.07, 6.45) is 0. The second-order valence-corrected chi connectivity index (χ2v) is 29.4. The van der Waals surface area contributed by atoms with E-state index < -0.39 is 39.4 Å². The number of pyridine rings is 5. The molecule has 0 amide bonds. The second-order valence-electron chi connectivity index (χ2n) is 29.4. The van der Waals surface area contributed by atoms with Gasteiger partial charge >= 0.3 is 39.4 Å². The molecule has 37 heteroatoms. The molecule has 0 spiro atoms. The fourth-order valence-electron chi connectivity index (χ4n) is 12.9. The van der Waals surface area contributed by atoms with Crippen molar-refractivity contribution in [3.8, 4) is 46.0 Å². The lowest BCUT2D eigenvalue weighted by molar-refractivity contribution is 0.409. The normalized spacial score (nSPS) is 10.9. The number of rotatable bonds is 0. The maximum atomic E-state index is 12.1. The fourth-order valence-corrected chi connectivity index (χ4v) is 12.9. The van der Waals surface area contributed by atoms with Gasteiger partial charge in [0.15, 0.2) is 56.8 Å². The zero-order chi connectivity index (χ0) is 92.8. The molecular weight excluding hydrogens is 1610 g/mol. The van der Waals surface area contributed by atoms with E-state index in [0.29, 0.717) is 89.2 Å². The number of fused-ring (bicyclic) bond motifs is 8. The highest BCUT2D eigenvalue weighted by Crippen LogP contribution is 2.36. The maximum absolute atomic E-state index is 12.1. The van der Waals surface area contributed by atoms with E-state index in [2.05, 4.69) is 65.3 Å². The SMILES string of the molecule is Cc1nc(C)c2c(=O)oc(C)c(O)c2c1C.Cc1nc(C)c2c(=O)oc(C)c(O)c2n1.Cc1nc2c(=O)n(C)c(C)c(O)c2c(C)c1C.Cc1nc2c(=O)oc(C)c(O)c2c(C)c1C.Cc1nc2c(O)c(C)oc(=O)c2c(C)c1C.Cc1nc2c(O)c(C)oc(=O)c2nc1C.Cc1nnc2c(=O)oc(C)c(O)c2c1C.Cc1nnc2c(=O)oc(C)c(O)c2n1. The Morgan fingerprint density at radius 3 is 1.00 bits per heavy atom. The lowest BCUT2D eigenvalue weighted by atomic mass is 10.0. The number of hydrogen-bond donors (Lipinski definition) is 8. The Morgan fingerprint density at radius 2 is 0.508 bits per heavy atom. The van der Waals surface area contributed by atoms with Crippen LogP contribution in [0.2, 0.25) is 0 Å². The highest BCUT2D eigenvalue weighted by atomic mass is 16.4. The third-order valence-corrected chi connectivity index (χ3v) is 21.2. The standard InChI is InChI=1S/C13H16N2O2.3C12H13NO3.3C10H10N2O3.C8H7N3O3/c1-6-7(2)10-11(14-8(6)3)13(17)15(5)9(4)12(10)16;1-5-6(2)13-7(3)10-9(5)11(14)8(4)16-12(10)15;1-5-6(2)9-10(13-7(5)3)11(14)8(4)16-12(9)15;1-5-6(2)9-10(13-7(5)3)12(15)16-8(4)11(9)14;1-4-7-8(12-6(3)11-4)9(13)5(2)15-10(7)14;1-4-5(2)12-8-7(11-4)9(13)6(3)15-10(8)14;1-4-5(2)11-12-8-7(4)9(13)6(3)15-10(8)14;1-3-7(12)5-6(8(13)14-3)11-10-4(2)9-5/h16H,1-5H3;3*14H,1-4H3;3*13H,1-3H3;12H,1-2H3. The third kappa shape index (κ3) is 17.9. The molecule has 0 unspecified atom stereocenters. The van der Waals surface area contributed by atoms with Gasteiger partial charge in [0.2, 0.25) is 5.52 Å². The van der Waals surface area contributed by atoms with Crippen LogP contribution >= 0.6 is 0 Å². The summed E-state index contributed by atoms with van der Waals surface area (Å²) >= 11 is 0. The minimum absolute atomic E-state index is 0.00250. The average molecular weight is 1700 g/mol. The summed E-state index contributed by atoms with van der Waals surface area (Å²) in [6, 6.07) is 0. The highest BCUT2D eigenvalue weighted by molar-refractivity contribution is 5.94. The van der Waals surface area contributed by atoms with E-state index in [4.69, 9.17) is 30.9 Å². The van der Waals surface area contributed by atoms with Crippen LogP contribution in [0, 0.1) is 187 Å². The quantitative estimate of drug-likeness (QED) is 0.0699. The second kappa shape index (κ2) is 36.1. The zero-order valence-corrected chi connectivity index (χ0v) is 73.5. The minimum atomic E-state index is -0.643. The molecule has 0 bridgehead atoms. The maximum Gasteiger partial charge on any atom is 0.366 e. The van der Waals surface area contributed by atoms with Crippen molar-refractivity contribution in [2.75, 3.05) is 0 Å². The summed E-state index contributed by atoms with van der Waals surface area (Å²) in [5.41, 5.74) is 11.7. The van der Waals surface area contributed by atoms with Crippen LogP contribution in [0.4, 0.5) is 0 Å². The molecule has 648 valence electrons. The van der Waals surface area contributed by atoms with Crippen molar-refractivity contribution in [2.45, 2.75) is 187 Å². The molecule has 124 heavy (non-hydrogen) atoms. The Kier molecular flexibility index (Phi) is 27.0. The summed E-state index contributed by atoms with van der Waals surface area (Å²) in [5.74, 6) is 1.91. The summed E-state index contributed by atoms with van der Waals surface area (Å²) in [4.78, 5) is 130. The van der Waals surface area contributed by atoms with Crippen LogP contribution in [0.3, 0.4) is 0 Å². The molecule has 0 aliphatic carbocycles. The van der Waals surface area contributed by atoms with Gasteiger partial charge in [0, 0.05) is 35.2 Å². The minimum Gasteiger partial charge on any atom is -0.505 e. The summed E-state index contributed by atoms with van der Waals surface area (Å²) in [6.45, 7) is 46.9. The van der Waals surface area contributed by atoms with Gasteiger partial charge in [-0.15, -0.1) is 15.3 Å². The van der Waals surface area contributed by atoms with Gasteiger partial charge in [-0.3, -0.25) is 9.78 Å². The third-order valence-electron chi connectivity index (χ3n) is 21.2. The van der Waals surface area contributed by atoms with E-state index in [1.54, 1.807) is 90.1 Å². The van der Waals surface area contributed by atoms with Crippen molar-refractivity contribution in [3.05, 3.63) is 237 Å². The summed E-state index contributed by atoms with van der Waals surface area (Å²) < 4.78 is 35.4. The van der Waals surface area contributed by atoms with Gasteiger partial charge in [-0.05, 0) is 231 Å². The summed E-state index contributed by atoms with van der Waals surface area (Å²) in [7, 11) is 1.64. The zero-order valence-electron chi connectivity index (χ0n) is 73.5. The molecule has 16 rings (SSSR count). The van der Waals surface area contributed by atoms with Crippen LogP contribution in [0.1, 0.15) is 153 Å². The van der Waals surface area contributed by atoms with E-state index >= 15 is 0 Å². The average Bonchev–Trinajstić information content (AvgIpc) is 0.756. The Balaban J connectivity index is 0.000000161. The molecule has 8 N–H and O–H groups in total. The Morgan fingerprint density at radius 1 is 0.202 bits per heavy atom. The number of aromatic hydroxyl groups is 8. The first kappa shape index (κ1) is 92.8. The van der Waals surface area contributed by atoms with Gasteiger partial charge in [-0.25, -0.2) is 73.4 Å². The molecule has 0 atom stereocenters. The monoisotopic (exact) mass is 1700 g/mol. The van der Waals surface area contributed by atoms with Crippen molar-refractivity contribution in [1.29, 1.82) is 0 Å². The molecule has 16 heterocycles. The first-order valence-corrected chi connectivity index (χ1v) is 38.0. The van der Waals surface area contributed by atoms with Crippen LogP contribution < -0.4 is 44.9 Å². The van der Waals surface area contributed by atoms with Crippen LogP contribution in [0.25, 0.3) is 87.4 Å². The van der Waals surface area contributed by atoms with E-state index in [-0.39, 0.29) is 136 Å². The number of nitrogens with zero attached hydrogens (tertiary/aromatic N) is 14.